The summed E-state index contributed by atoms with van der Waals surface area (Å²) in [7, 11) is 1.91. The first-order valence-corrected chi connectivity index (χ1v) is 7.21. The third-order valence-electron chi connectivity index (χ3n) is 4.11. The number of rotatable bonds is 3. The molecule has 1 fully saturated rings. The fourth-order valence-electron chi connectivity index (χ4n) is 2.80. The summed E-state index contributed by atoms with van der Waals surface area (Å²) in [5.41, 5.74) is 0.697. The Morgan fingerprint density at radius 3 is 2.76 bits per heavy atom. The zero-order valence-corrected chi connectivity index (χ0v) is 12.4. The van der Waals surface area contributed by atoms with E-state index in [4.69, 9.17) is 0 Å². The van der Waals surface area contributed by atoms with Crippen LogP contribution in [0.5, 0.6) is 0 Å². The maximum absolute atomic E-state index is 13.9. The van der Waals surface area contributed by atoms with Gasteiger partial charge in [0.2, 0.25) is 0 Å². The van der Waals surface area contributed by atoms with E-state index in [2.05, 4.69) is 26.8 Å². The van der Waals surface area contributed by atoms with Crippen LogP contribution in [0.3, 0.4) is 0 Å². The quantitative estimate of drug-likeness (QED) is 0.861. The number of benzene rings is 1. The van der Waals surface area contributed by atoms with Crippen molar-refractivity contribution in [1.29, 1.82) is 0 Å². The van der Waals surface area contributed by atoms with Gasteiger partial charge < -0.3 is 4.90 Å². The standard InChI is InChI=1S/C15H20FN5/c1-12-9-21(14-6-4-3-5-13(14)16)8-7-20(12)10-15-17-11-18-19(15)2/h3-6,11-12H,7-10H2,1-2H3/t12-/m1/s1. The van der Waals surface area contributed by atoms with Crippen molar-refractivity contribution >= 4 is 5.69 Å². The third-order valence-corrected chi connectivity index (χ3v) is 4.11. The summed E-state index contributed by atoms with van der Waals surface area (Å²) < 4.78 is 15.7. The molecule has 0 radical (unpaired) electrons. The molecule has 0 bridgehead atoms. The summed E-state index contributed by atoms with van der Waals surface area (Å²) in [4.78, 5) is 8.75. The number of aryl methyl sites for hydroxylation is 1. The van der Waals surface area contributed by atoms with E-state index in [9.17, 15) is 4.39 Å². The molecular formula is C15H20FN5. The van der Waals surface area contributed by atoms with Crippen molar-refractivity contribution in [3.63, 3.8) is 0 Å². The highest BCUT2D eigenvalue weighted by Crippen LogP contribution is 2.22. The van der Waals surface area contributed by atoms with Crippen LogP contribution in [0.15, 0.2) is 30.6 Å². The molecule has 1 atom stereocenters. The molecule has 2 heterocycles. The summed E-state index contributed by atoms with van der Waals surface area (Å²) in [6, 6.07) is 7.32. The Bertz CT molecular complexity index is 612. The minimum absolute atomic E-state index is 0.147. The Kier molecular flexibility index (Phi) is 3.88. The van der Waals surface area contributed by atoms with E-state index in [-0.39, 0.29) is 5.82 Å². The van der Waals surface area contributed by atoms with Gasteiger partial charge in [0.1, 0.15) is 18.0 Å². The van der Waals surface area contributed by atoms with Crippen molar-refractivity contribution in [2.75, 3.05) is 24.5 Å². The molecule has 0 N–H and O–H groups in total. The molecule has 2 aromatic rings. The van der Waals surface area contributed by atoms with E-state index in [1.807, 2.05) is 19.2 Å². The Balaban J connectivity index is 1.67. The van der Waals surface area contributed by atoms with Crippen molar-refractivity contribution < 1.29 is 4.39 Å². The maximum atomic E-state index is 13.9. The van der Waals surface area contributed by atoms with Crippen molar-refractivity contribution in [2.45, 2.75) is 19.5 Å². The van der Waals surface area contributed by atoms with Crippen LogP contribution < -0.4 is 4.90 Å². The number of nitrogens with zero attached hydrogens (tertiary/aromatic N) is 5. The van der Waals surface area contributed by atoms with E-state index in [1.165, 1.54) is 6.07 Å². The molecule has 1 aromatic heterocycles. The fraction of sp³-hybridized carbons (Fsp3) is 0.467. The van der Waals surface area contributed by atoms with E-state index < -0.39 is 0 Å². The van der Waals surface area contributed by atoms with Gasteiger partial charge in [0, 0.05) is 32.7 Å². The molecule has 5 nitrogen and oxygen atoms in total. The molecule has 112 valence electrons. The molecule has 1 aliphatic rings. The molecule has 0 unspecified atom stereocenters. The Hall–Kier alpha value is -1.95. The minimum atomic E-state index is -0.147. The largest absolute Gasteiger partial charge is 0.366 e. The highest BCUT2D eigenvalue weighted by molar-refractivity contribution is 5.48. The number of hydrogen-bond donors (Lipinski definition) is 0. The zero-order chi connectivity index (χ0) is 14.8. The Morgan fingerprint density at radius 2 is 2.10 bits per heavy atom. The number of anilines is 1. The fourth-order valence-corrected chi connectivity index (χ4v) is 2.80. The van der Waals surface area contributed by atoms with E-state index >= 15 is 0 Å². The zero-order valence-electron chi connectivity index (χ0n) is 12.4. The van der Waals surface area contributed by atoms with Crippen molar-refractivity contribution in [2.24, 2.45) is 7.05 Å². The van der Waals surface area contributed by atoms with Gasteiger partial charge in [-0.1, -0.05) is 12.1 Å². The van der Waals surface area contributed by atoms with Crippen LogP contribution in [0.1, 0.15) is 12.7 Å². The number of para-hydroxylation sites is 1. The summed E-state index contributed by atoms with van der Waals surface area (Å²) in [6.07, 6.45) is 1.58. The van der Waals surface area contributed by atoms with Gasteiger partial charge in [-0.2, -0.15) is 5.10 Å². The predicted octanol–water partition coefficient (Wildman–Crippen LogP) is 1.66. The summed E-state index contributed by atoms with van der Waals surface area (Å²) in [5.74, 6) is 0.813. The van der Waals surface area contributed by atoms with Crippen LogP contribution >= 0.6 is 0 Å². The second-order valence-corrected chi connectivity index (χ2v) is 5.52. The molecule has 0 spiro atoms. The van der Waals surface area contributed by atoms with Gasteiger partial charge in [-0.25, -0.2) is 9.37 Å². The van der Waals surface area contributed by atoms with Gasteiger partial charge in [-0.05, 0) is 19.1 Å². The number of piperazine rings is 1. The lowest BCUT2D eigenvalue weighted by Crippen LogP contribution is -2.51. The van der Waals surface area contributed by atoms with Gasteiger partial charge in [0.25, 0.3) is 0 Å². The first kappa shape index (κ1) is 14.0. The Morgan fingerprint density at radius 1 is 1.29 bits per heavy atom. The van der Waals surface area contributed by atoms with Crippen LogP contribution in [0, 0.1) is 5.82 Å². The monoisotopic (exact) mass is 289 g/mol. The summed E-state index contributed by atoms with van der Waals surface area (Å²) in [6.45, 7) is 5.48. The second kappa shape index (κ2) is 5.81. The normalized spacial score (nSPS) is 20.0. The second-order valence-electron chi connectivity index (χ2n) is 5.52. The first-order valence-electron chi connectivity index (χ1n) is 7.21. The average molecular weight is 289 g/mol. The molecule has 1 saturated heterocycles. The van der Waals surface area contributed by atoms with Crippen LogP contribution in [-0.2, 0) is 13.6 Å². The molecule has 6 heteroatoms. The van der Waals surface area contributed by atoms with E-state index in [0.717, 1.165) is 32.0 Å². The lowest BCUT2D eigenvalue weighted by molar-refractivity contribution is 0.174. The van der Waals surface area contributed by atoms with E-state index in [1.54, 1.807) is 17.1 Å². The average Bonchev–Trinajstić information content (AvgIpc) is 2.87. The van der Waals surface area contributed by atoms with Gasteiger partial charge >= 0.3 is 0 Å². The third kappa shape index (κ3) is 2.90. The minimum Gasteiger partial charge on any atom is -0.366 e. The maximum Gasteiger partial charge on any atom is 0.146 e. The van der Waals surface area contributed by atoms with Gasteiger partial charge in [-0.15, -0.1) is 0 Å². The number of halogens is 1. The van der Waals surface area contributed by atoms with Gasteiger partial charge in [0.05, 0.1) is 12.2 Å². The molecule has 1 aliphatic heterocycles. The summed E-state index contributed by atoms with van der Waals surface area (Å²) in [5, 5.41) is 4.10. The SMILES string of the molecule is C[C@@H]1CN(c2ccccc2F)CCN1Cc1ncnn1C. The van der Waals surface area contributed by atoms with E-state index in [0.29, 0.717) is 11.7 Å². The van der Waals surface area contributed by atoms with Crippen LogP contribution in [0.4, 0.5) is 10.1 Å². The molecular weight excluding hydrogens is 269 g/mol. The Labute approximate surface area is 124 Å². The molecule has 0 aliphatic carbocycles. The lowest BCUT2D eigenvalue weighted by Gasteiger charge is -2.40. The van der Waals surface area contributed by atoms with Crippen molar-refractivity contribution in [3.05, 3.63) is 42.2 Å². The predicted molar refractivity (Wildman–Crippen MR) is 79.5 cm³/mol. The topological polar surface area (TPSA) is 37.2 Å². The molecule has 1 aromatic carbocycles. The van der Waals surface area contributed by atoms with Crippen LogP contribution in [-0.4, -0.2) is 45.3 Å². The van der Waals surface area contributed by atoms with Crippen LogP contribution in [0.25, 0.3) is 0 Å². The highest BCUT2D eigenvalue weighted by atomic mass is 19.1. The molecule has 21 heavy (non-hydrogen) atoms. The van der Waals surface area contributed by atoms with Crippen molar-refractivity contribution in [3.8, 4) is 0 Å². The number of aromatic nitrogens is 3. The summed E-state index contributed by atoms with van der Waals surface area (Å²) >= 11 is 0. The molecule has 0 saturated carbocycles. The van der Waals surface area contributed by atoms with Crippen LogP contribution in [0.2, 0.25) is 0 Å². The molecule has 0 amide bonds. The van der Waals surface area contributed by atoms with Gasteiger partial charge in [0.15, 0.2) is 0 Å². The highest BCUT2D eigenvalue weighted by Gasteiger charge is 2.26. The first-order chi connectivity index (χ1) is 10.1. The number of hydrogen-bond acceptors (Lipinski definition) is 4. The van der Waals surface area contributed by atoms with Gasteiger partial charge in [-0.3, -0.25) is 9.58 Å². The smallest absolute Gasteiger partial charge is 0.146 e. The van der Waals surface area contributed by atoms with Crippen molar-refractivity contribution in [1.82, 2.24) is 19.7 Å². The lowest BCUT2D eigenvalue weighted by atomic mass is 10.1. The molecule has 3 rings (SSSR count).